The lowest BCUT2D eigenvalue weighted by Crippen LogP contribution is -2.42. The number of hydrogen-bond acceptors (Lipinski definition) is 4. The average molecular weight is 234 g/mol. The molecule has 2 atom stereocenters. The fourth-order valence-corrected chi connectivity index (χ4v) is 2.40. The summed E-state index contributed by atoms with van der Waals surface area (Å²) in [7, 11) is 1.46. The first-order chi connectivity index (χ1) is 8.22. The number of esters is 1. The summed E-state index contributed by atoms with van der Waals surface area (Å²) in [6, 6.07) is 5.90. The number of rotatable bonds is 2. The molecule has 4 heteroatoms. The van der Waals surface area contributed by atoms with E-state index in [1.54, 1.807) is 6.20 Å². The van der Waals surface area contributed by atoms with Gasteiger partial charge >= 0.3 is 5.97 Å². The van der Waals surface area contributed by atoms with E-state index in [1.165, 1.54) is 7.11 Å². The molecule has 0 amide bonds. The number of aromatic nitrogens is 1. The minimum Gasteiger partial charge on any atom is -0.469 e. The van der Waals surface area contributed by atoms with Gasteiger partial charge in [-0.2, -0.15) is 0 Å². The third kappa shape index (κ3) is 2.57. The summed E-state index contributed by atoms with van der Waals surface area (Å²) >= 11 is 0. The molecule has 1 aromatic rings. The minimum atomic E-state index is -0.0850. The standard InChI is InChI=1S/C13H18N2O2/c1-10-9-15(12-5-3-4-7-14-12)8-6-11(10)13(16)17-2/h3-5,7,10-11H,6,8-9H2,1-2H3/t10-,11-/m0/s1. The van der Waals surface area contributed by atoms with Crippen LogP contribution in [0, 0.1) is 11.8 Å². The van der Waals surface area contributed by atoms with Crippen LogP contribution in [0.4, 0.5) is 5.82 Å². The number of carbonyl (C=O) groups is 1. The summed E-state index contributed by atoms with van der Waals surface area (Å²) < 4.78 is 4.83. The van der Waals surface area contributed by atoms with E-state index in [9.17, 15) is 4.79 Å². The largest absolute Gasteiger partial charge is 0.469 e. The molecule has 1 aliphatic heterocycles. The zero-order valence-corrected chi connectivity index (χ0v) is 10.3. The quantitative estimate of drug-likeness (QED) is 0.731. The van der Waals surface area contributed by atoms with E-state index in [1.807, 2.05) is 18.2 Å². The van der Waals surface area contributed by atoms with Gasteiger partial charge in [0.25, 0.3) is 0 Å². The summed E-state index contributed by atoms with van der Waals surface area (Å²) in [5.41, 5.74) is 0. The van der Waals surface area contributed by atoms with Gasteiger partial charge in [-0.15, -0.1) is 0 Å². The van der Waals surface area contributed by atoms with Gasteiger partial charge in [-0.25, -0.2) is 4.98 Å². The number of methoxy groups -OCH3 is 1. The lowest BCUT2D eigenvalue weighted by atomic mass is 9.87. The maximum Gasteiger partial charge on any atom is 0.309 e. The van der Waals surface area contributed by atoms with Gasteiger partial charge in [-0.1, -0.05) is 13.0 Å². The van der Waals surface area contributed by atoms with Crippen LogP contribution < -0.4 is 4.90 Å². The van der Waals surface area contributed by atoms with Crippen LogP contribution in [0.15, 0.2) is 24.4 Å². The highest BCUT2D eigenvalue weighted by Crippen LogP contribution is 2.26. The van der Waals surface area contributed by atoms with Gasteiger partial charge in [0.15, 0.2) is 0 Å². The number of pyridine rings is 1. The second-order valence-electron chi connectivity index (χ2n) is 4.53. The van der Waals surface area contributed by atoms with Crippen molar-refractivity contribution in [2.75, 3.05) is 25.1 Å². The number of anilines is 1. The highest BCUT2D eigenvalue weighted by Gasteiger charge is 2.32. The van der Waals surface area contributed by atoms with Gasteiger partial charge in [-0.05, 0) is 24.5 Å². The van der Waals surface area contributed by atoms with Crippen molar-refractivity contribution in [2.24, 2.45) is 11.8 Å². The van der Waals surface area contributed by atoms with Gasteiger partial charge < -0.3 is 9.64 Å². The van der Waals surface area contributed by atoms with E-state index >= 15 is 0 Å². The average Bonchev–Trinajstić information content (AvgIpc) is 2.39. The van der Waals surface area contributed by atoms with Crippen molar-refractivity contribution in [1.29, 1.82) is 0 Å². The third-order valence-electron chi connectivity index (χ3n) is 3.38. The molecule has 1 fully saturated rings. The van der Waals surface area contributed by atoms with Crippen molar-refractivity contribution in [3.8, 4) is 0 Å². The first-order valence-corrected chi connectivity index (χ1v) is 5.96. The number of hydrogen-bond donors (Lipinski definition) is 0. The number of nitrogens with zero attached hydrogens (tertiary/aromatic N) is 2. The van der Waals surface area contributed by atoms with Crippen molar-refractivity contribution in [2.45, 2.75) is 13.3 Å². The summed E-state index contributed by atoms with van der Waals surface area (Å²) in [4.78, 5) is 18.1. The number of piperidine rings is 1. The van der Waals surface area contributed by atoms with Gasteiger partial charge in [0.05, 0.1) is 13.0 Å². The molecule has 1 saturated heterocycles. The van der Waals surface area contributed by atoms with Crippen LogP contribution in [0.3, 0.4) is 0 Å². The van der Waals surface area contributed by atoms with Crippen LogP contribution in [-0.2, 0) is 9.53 Å². The Morgan fingerprint density at radius 1 is 1.53 bits per heavy atom. The number of ether oxygens (including phenoxy) is 1. The Kier molecular flexibility index (Phi) is 3.61. The van der Waals surface area contributed by atoms with Gasteiger partial charge in [0.1, 0.15) is 5.82 Å². The van der Waals surface area contributed by atoms with Crippen LogP contribution in [0.5, 0.6) is 0 Å². The van der Waals surface area contributed by atoms with Gasteiger partial charge in [-0.3, -0.25) is 4.79 Å². The fraction of sp³-hybridized carbons (Fsp3) is 0.538. The first kappa shape index (κ1) is 11.9. The van der Waals surface area contributed by atoms with E-state index in [4.69, 9.17) is 4.74 Å². The fourth-order valence-electron chi connectivity index (χ4n) is 2.40. The second kappa shape index (κ2) is 5.17. The van der Waals surface area contributed by atoms with Crippen molar-refractivity contribution in [3.05, 3.63) is 24.4 Å². The maximum absolute atomic E-state index is 11.6. The Labute approximate surface area is 102 Å². The topological polar surface area (TPSA) is 42.4 Å². The molecule has 0 unspecified atom stereocenters. The molecule has 1 aromatic heterocycles. The smallest absolute Gasteiger partial charge is 0.309 e. The summed E-state index contributed by atoms with van der Waals surface area (Å²) in [6.07, 6.45) is 2.64. The predicted molar refractivity (Wildman–Crippen MR) is 65.7 cm³/mol. The van der Waals surface area contributed by atoms with E-state index in [2.05, 4.69) is 16.8 Å². The second-order valence-corrected chi connectivity index (χ2v) is 4.53. The Balaban J connectivity index is 2.02. The molecule has 0 bridgehead atoms. The Morgan fingerprint density at radius 2 is 2.35 bits per heavy atom. The summed E-state index contributed by atoms with van der Waals surface area (Å²) in [5.74, 6) is 1.24. The molecule has 0 N–H and O–H groups in total. The van der Waals surface area contributed by atoms with Crippen LogP contribution in [-0.4, -0.2) is 31.2 Å². The van der Waals surface area contributed by atoms with Crippen LogP contribution >= 0.6 is 0 Å². The molecule has 0 radical (unpaired) electrons. The Bertz CT molecular complexity index is 380. The van der Waals surface area contributed by atoms with Crippen molar-refractivity contribution >= 4 is 11.8 Å². The molecule has 2 rings (SSSR count). The highest BCUT2D eigenvalue weighted by molar-refractivity contribution is 5.73. The van der Waals surface area contributed by atoms with Crippen LogP contribution in [0.25, 0.3) is 0 Å². The zero-order chi connectivity index (χ0) is 12.3. The first-order valence-electron chi connectivity index (χ1n) is 5.96. The highest BCUT2D eigenvalue weighted by atomic mass is 16.5. The van der Waals surface area contributed by atoms with Gasteiger partial charge in [0.2, 0.25) is 0 Å². The van der Waals surface area contributed by atoms with Crippen LogP contribution in [0.1, 0.15) is 13.3 Å². The van der Waals surface area contributed by atoms with Crippen molar-refractivity contribution < 1.29 is 9.53 Å². The normalized spacial score (nSPS) is 24.5. The van der Waals surface area contributed by atoms with Crippen molar-refractivity contribution in [3.63, 3.8) is 0 Å². The van der Waals surface area contributed by atoms with E-state index in [0.717, 1.165) is 25.3 Å². The van der Waals surface area contributed by atoms with E-state index in [-0.39, 0.29) is 11.9 Å². The Morgan fingerprint density at radius 3 is 2.94 bits per heavy atom. The molecule has 0 aromatic carbocycles. The summed E-state index contributed by atoms with van der Waals surface area (Å²) in [6.45, 7) is 3.81. The third-order valence-corrected chi connectivity index (χ3v) is 3.38. The van der Waals surface area contributed by atoms with Crippen LogP contribution in [0.2, 0.25) is 0 Å². The lowest BCUT2D eigenvalue weighted by Gasteiger charge is -2.36. The molecular formula is C13H18N2O2. The summed E-state index contributed by atoms with van der Waals surface area (Å²) in [5, 5.41) is 0. The monoisotopic (exact) mass is 234 g/mol. The maximum atomic E-state index is 11.6. The number of carbonyl (C=O) groups excluding carboxylic acids is 1. The molecule has 2 heterocycles. The molecule has 92 valence electrons. The lowest BCUT2D eigenvalue weighted by molar-refractivity contribution is -0.147. The zero-order valence-electron chi connectivity index (χ0n) is 10.3. The van der Waals surface area contributed by atoms with E-state index in [0.29, 0.717) is 5.92 Å². The predicted octanol–water partition coefficient (Wildman–Crippen LogP) is 1.72. The molecule has 4 nitrogen and oxygen atoms in total. The van der Waals surface area contributed by atoms with Gasteiger partial charge in [0, 0.05) is 19.3 Å². The SMILES string of the molecule is COC(=O)[C@H]1CCN(c2ccccn2)C[C@@H]1C. The molecule has 0 saturated carbocycles. The molecule has 17 heavy (non-hydrogen) atoms. The molecule has 0 spiro atoms. The molecule has 1 aliphatic rings. The minimum absolute atomic E-state index is 0.0277. The van der Waals surface area contributed by atoms with Crippen molar-refractivity contribution in [1.82, 2.24) is 4.98 Å². The molecular weight excluding hydrogens is 216 g/mol. The Hall–Kier alpha value is -1.58. The van der Waals surface area contributed by atoms with E-state index < -0.39 is 0 Å². The molecule has 0 aliphatic carbocycles.